The zero-order chi connectivity index (χ0) is 25.2. The molecule has 3 rings (SSSR count). The zero-order valence-corrected chi connectivity index (χ0v) is 23.0. The molecule has 0 bridgehead atoms. The molecule has 3 heterocycles. The smallest absolute Gasteiger partial charge is 0.334 e. The lowest BCUT2D eigenvalue weighted by Crippen LogP contribution is -2.60. The number of H-pyrrole nitrogens is 1. The van der Waals surface area contributed by atoms with Crippen LogP contribution >= 0.6 is 0 Å². The first-order chi connectivity index (χ1) is 16.0. The van der Waals surface area contributed by atoms with Crippen LogP contribution in [0, 0.1) is 0 Å². The summed E-state index contributed by atoms with van der Waals surface area (Å²) < 4.78 is 38.4. The Bertz CT molecular complexity index is 956. The molecule has 0 aliphatic carbocycles. The van der Waals surface area contributed by atoms with E-state index in [-0.39, 0.29) is 30.0 Å². The Balaban J connectivity index is 2.04. The molecular formula is C21H36N2O9Si2. The summed E-state index contributed by atoms with van der Waals surface area (Å²) in [7, 11) is -4.96. The maximum Gasteiger partial charge on any atom is 0.334 e. The molecule has 1 aromatic heterocycles. The molecule has 13 heteroatoms. The van der Waals surface area contributed by atoms with E-state index in [1.54, 1.807) is 0 Å². The van der Waals surface area contributed by atoms with E-state index >= 15 is 0 Å². The number of hydrogen-bond acceptors (Lipinski definition) is 9. The Labute approximate surface area is 201 Å². The summed E-state index contributed by atoms with van der Waals surface area (Å²) in [5.74, 6) is -0.502. The van der Waals surface area contributed by atoms with Crippen LogP contribution in [0.25, 0.3) is 0 Å². The van der Waals surface area contributed by atoms with Gasteiger partial charge in [-0.15, -0.1) is 0 Å². The van der Waals surface area contributed by atoms with Gasteiger partial charge in [0.2, 0.25) is 0 Å². The lowest BCUT2D eigenvalue weighted by molar-refractivity contribution is -0.168. The van der Waals surface area contributed by atoms with Gasteiger partial charge in [0.25, 0.3) is 5.56 Å². The topological polar surface area (TPSA) is 127 Å². The first kappa shape index (κ1) is 27.0. The minimum Gasteiger partial charge on any atom is -0.439 e. The van der Waals surface area contributed by atoms with E-state index < -0.39 is 59.6 Å². The average Bonchev–Trinajstić information content (AvgIpc) is 3.03. The Hall–Kier alpha value is -1.62. The second kappa shape index (κ2) is 11.0. The molecule has 192 valence electrons. The molecule has 0 amide bonds. The number of hydrogen-bond donors (Lipinski definition) is 1. The van der Waals surface area contributed by atoms with E-state index in [1.807, 2.05) is 0 Å². The molecule has 2 fully saturated rings. The Morgan fingerprint density at radius 2 is 1.91 bits per heavy atom. The lowest BCUT2D eigenvalue weighted by atomic mass is 10.1. The number of nitrogens with one attached hydrogen (secondary N) is 1. The van der Waals surface area contributed by atoms with Crippen LogP contribution in [-0.2, 0) is 32.0 Å². The summed E-state index contributed by atoms with van der Waals surface area (Å²) in [6, 6.07) is 1.23. The van der Waals surface area contributed by atoms with Crippen molar-refractivity contribution in [3.8, 4) is 0 Å². The van der Waals surface area contributed by atoms with Gasteiger partial charge in [-0.2, -0.15) is 0 Å². The first-order valence-electron chi connectivity index (χ1n) is 11.7. The van der Waals surface area contributed by atoms with Gasteiger partial charge in [-0.05, 0) is 16.6 Å². The van der Waals surface area contributed by atoms with Crippen molar-refractivity contribution in [2.24, 2.45) is 0 Å². The van der Waals surface area contributed by atoms with Crippen LogP contribution in [-0.4, -0.2) is 65.1 Å². The molecule has 0 spiro atoms. The van der Waals surface area contributed by atoms with E-state index in [0.717, 1.165) is 0 Å². The van der Waals surface area contributed by atoms with E-state index in [2.05, 4.69) is 46.5 Å². The lowest BCUT2D eigenvalue weighted by Gasteiger charge is -2.45. The second-order valence-electron chi connectivity index (χ2n) is 9.64. The Kier molecular flexibility index (Phi) is 8.71. The fourth-order valence-electron chi connectivity index (χ4n) is 4.39. The number of rotatable bonds is 7. The fourth-order valence-corrected chi connectivity index (χ4v) is 13.0. The van der Waals surface area contributed by atoms with Crippen LogP contribution in [0.4, 0.5) is 0 Å². The third-order valence-corrected chi connectivity index (χ3v) is 14.0. The number of carbonyl (C=O) groups excluding carboxylic acids is 1. The Morgan fingerprint density at radius 1 is 1.24 bits per heavy atom. The van der Waals surface area contributed by atoms with Gasteiger partial charge in [-0.25, -0.2) is 4.79 Å². The highest BCUT2D eigenvalue weighted by molar-refractivity contribution is 6.76. The molecule has 2 aliphatic rings. The molecule has 0 radical (unpaired) electrons. The molecule has 0 aromatic carbocycles. The van der Waals surface area contributed by atoms with E-state index in [1.165, 1.54) is 23.8 Å². The van der Waals surface area contributed by atoms with Gasteiger partial charge in [-0.1, -0.05) is 41.5 Å². The molecule has 5 atom stereocenters. The molecule has 34 heavy (non-hydrogen) atoms. The van der Waals surface area contributed by atoms with Crippen LogP contribution in [0.2, 0.25) is 16.6 Å². The third kappa shape index (κ3) is 5.61. The van der Waals surface area contributed by atoms with Gasteiger partial charge in [0.05, 0.1) is 6.61 Å². The summed E-state index contributed by atoms with van der Waals surface area (Å²) >= 11 is 0. The van der Waals surface area contributed by atoms with Gasteiger partial charge < -0.3 is 27.2 Å². The van der Waals surface area contributed by atoms with Crippen LogP contribution in [0.1, 0.15) is 54.7 Å². The number of aromatic nitrogens is 2. The number of nitrogens with zero attached hydrogens (tertiary/aromatic N) is 1. The minimum atomic E-state index is -2.86. The zero-order valence-electron chi connectivity index (χ0n) is 20.8. The number of carbonyl (C=O) groups is 1. The van der Waals surface area contributed by atoms with Crippen LogP contribution in [0.3, 0.4) is 0 Å². The molecule has 11 nitrogen and oxygen atoms in total. The SMILES string of the molecule is CC(=O)OCO[C@H]1C2O[Si](C(C)C)(C(C)C)O[SiH](C(C)C)OC[C@H]2O[C@H]1n1ccc(=O)[nH]c1=O. The van der Waals surface area contributed by atoms with Crippen molar-refractivity contribution in [2.45, 2.75) is 89.6 Å². The van der Waals surface area contributed by atoms with Crippen molar-refractivity contribution in [1.82, 2.24) is 9.55 Å². The van der Waals surface area contributed by atoms with E-state index in [4.69, 9.17) is 27.2 Å². The van der Waals surface area contributed by atoms with Gasteiger partial charge >= 0.3 is 29.5 Å². The largest absolute Gasteiger partial charge is 0.439 e. The molecular weight excluding hydrogens is 480 g/mol. The van der Waals surface area contributed by atoms with Crippen LogP contribution in [0.5, 0.6) is 0 Å². The van der Waals surface area contributed by atoms with Gasteiger partial charge in [0.1, 0.15) is 18.3 Å². The summed E-state index contributed by atoms with van der Waals surface area (Å²) in [6.07, 6.45) is -1.58. The summed E-state index contributed by atoms with van der Waals surface area (Å²) in [5.41, 5.74) is -0.733. The highest BCUT2D eigenvalue weighted by Gasteiger charge is 2.57. The third-order valence-electron chi connectivity index (χ3n) is 6.13. The van der Waals surface area contributed by atoms with Crippen molar-refractivity contribution in [2.75, 3.05) is 13.4 Å². The summed E-state index contributed by atoms with van der Waals surface area (Å²) in [5, 5.41) is 0. The highest BCUT2D eigenvalue weighted by atomic mass is 28.4. The molecule has 1 aromatic rings. The van der Waals surface area contributed by atoms with E-state index in [9.17, 15) is 14.4 Å². The quantitative estimate of drug-likeness (QED) is 0.327. The molecule has 2 saturated heterocycles. The van der Waals surface area contributed by atoms with Crippen molar-refractivity contribution < 1.29 is 32.0 Å². The standard InChI is InChI=1S/C21H36N2O9Si2/c1-12(2)33-29-10-16-18(31-34(32-33,13(3)4)14(5)6)19(28-11-27-15(7)24)20(30-16)23-9-8-17(25)22-21(23)26/h8-9,12-14,16,18-20,33H,10-11H2,1-7H3,(H,22,25,26)/t16-,18?,19+,20-,33?/m1/s1. The Morgan fingerprint density at radius 3 is 2.47 bits per heavy atom. The van der Waals surface area contributed by atoms with Crippen molar-refractivity contribution in [3.63, 3.8) is 0 Å². The predicted octanol–water partition coefficient (Wildman–Crippen LogP) is 1.66. The van der Waals surface area contributed by atoms with Crippen LogP contribution in [0.15, 0.2) is 21.9 Å². The average molecular weight is 517 g/mol. The number of esters is 1. The maximum absolute atomic E-state index is 12.6. The first-order valence-corrected chi connectivity index (χ1v) is 15.2. The maximum atomic E-state index is 12.6. The number of fused-ring (bicyclic) bond motifs is 1. The molecule has 2 unspecified atom stereocenters. The van der Waals surface area contributed by atoms with Gasteiger partial charge in [0, 0.05) is 19.2 Å². The summed E-state index contributed by atoms with van der Waals surface area (Å²) in [6.45, 7) is 13.7. The molecule has 2 aliphatic heterocycles. The normalized spacial score (nSPS) is 29.2. The van der Waals surface area contributed by atoms with E-state index in [0.29, 0.717) is 0 Å². The monoisotopic (exact) mass is 516 g/mol. The highest BCUT2D eigenvalue weighted by Crippen LogP contribution is 2.43. The van der Waals surface area contributed by atoms with Crippen molar-refractivity contribution in [3.05, 3.63) is 33.1 Å². The summed E-state index contributed by atoms with van der Waals surface area (Å²) in [4.78, 5) is 37.8. The molecule has 0 saturated carbocycles. The van der Waals surface area contributed by atoms with Crippen molar-refractivity contribution in [1.29, 1.82) is 0 Å². The number of aromatic amines is 1. The minimum absolute atomic E-state index is 0.104. The second-order valence-corrected chi connectivity index (χ2v) is 17.0. The van der Waals surface area contributed by atoms with Crippen LogP contribution < -0.4 is 11.2 Å². The number of ether oxygens (including phenoxy) is 3. The fraction of sp³-hybridized carbons (Fsp3) is 0.762. The molecule has 1 N–H and O–H groups in total. The predicted molar refractivity (Wildman–Crippen MR) is 127 cm³/mol. The van der Waals surface area contributed by atoms with Crippen molar-refractivity contribution >= 4 is 23.8 Å². The van der Waals surface area contributed by atoms with Gasteiger partial charge in [0.15, 0.2) is 13.0 Å². The van der Waals surface area contributed by atoms with Gasteiger partial charge in [-0.3, -0.25) is 19.1 Å².